The first-order chi connectivity index (χ1) is 6.68. The first kappa shape index (κ1) is 8.42. The fraction of sp³-hybridized carbons (Fsp3) is 0.500. The van der Waals surface area contributed by atoms with Crippen LogP contribution in [0.4, 0.5) is 4.39 Å². The largest absolute Gasteiger partial charge is 0.388 e. The predicted octanol–water partition coefficient (Wildman–Crippen LogP) is 2.54. The topological polar surface area (TPSA) is 20.2 Å². The zero-order valence-electron chi connectivity index (χ0n) is 8.13. The van der Waals surface area contributed by atoms with Gasteiger partial charge in [-0.2, -0.15) is 0 Å². The summed E-state index contributed by atoms with van der Waals surface area (Å²) in [5.41, 5.74) is 3.20. The first-order valence-electron chi connectivity index (χ1n) is 5.19. The quantitative estimate of drug-likeness (QED) is 0.669. The van der Waals surface area contributed by atoms with Crippen LogP contribution in [0, 0.1) is 11.7 Å². The van der Waals surface area contributed by atoms with Gasteiger partial charge in [-0.05, 0) is 53.5 Å². The van der Waals surface area contributed by atoms with Gasteiger partial charge in [0.2, 0.25) is 0 Å². The van der Waals surface area contributed by atoms with Crippen molar-refractivity contribution in [2.75, 3.05) is 0 Å². The summed E-state index contributed by atoms with van der Waals surface area (Å²) < 4.78 is 13.2. The monoisotopic (exact) mass is 192 g/mol. The minimum absolute atomic E-state index is 0.201. The molecule has 0 radical (unpaired) electrons. The number of aliphatic hydroxyl groups is 1. The predicted molar refractivity (Wildman–Crippen MR) is 51.6 cm³/mol. The molecule has 3 unspecified atom stereocenters. The second-order valence-electron chi connectivity index (χ2n) is 4.52. The van der Waals surface area contributed by atoms with E-state index in [1.165, 1.54) is 11.6 Å². The molecule has 0 spiro atoms. The molecule has 0 saturated carbocycles. The zero-order chi connectivity index (χ0) is 9.87. The highest BCUT2D eigenvalue weighted by Gasteiger charge is 2.41. The van der Waals surface area contributed by atoms with Crippen LogP contribution in [-0.4, -0.2) is 5.11 Å². The molecule has 1 N–H and O–H groups in total. The fourth-order valence-corrected chi connectivity index (χ4v) is 3.09. The summed E-state index contributed by atoms with van der Waals surface area (Å²) >= 11 is 0. The third-order valence-corrected chi connectivity index (χ3v) is 3.81. The lowest BCUT2D eigenvalue weighted by Crippen LogP contribution is -2.06. The van der Waals surface area contributed by atoms with Gasteiger partial charge in [0.25, 0.3) is 0 Å². The Morgan fingerprint density at radius 3 is 3.00 bits per heavy atom. The normalized spacial score (nSPS) is 33.5. The number of benzene rings is 1. The lowest BCUT2D eigenvalue weighted by molar-refractivity contribution is 0.119. The zero-order valence-corrected chi connectivity index (χ0v) is 8.13. The number of rotatable bonds is 0. The van der Waals surface area contributed by atoms with E-state index in [2.05, 4.69) is 6.92 Å². The standard InChI is InChI=1S/C12H13FO/c1-6-9-3-2-7-4-8(13)5-10(11(7)9)12(6)14/h4-6,9,12,14H,2-3H2,1H3. The minimum Gasteiger partial charge on any atom is -0.388 e. The van der Waals surface area contributed by atoms with Crippen molar-refractivity contribution in [2.45, 2.75) is 31.8 Å². The Bertz CT molecular complexity index is 400. The SMILES string of the molecule is CC1C(O)c2cc(F)cc3c2C1CC3. The van der Waals surface area contributed by atoms with Crippen LogP contribution in [0.2, 0.25) is 0 Å². The van der Waals surface area contributed by atoms with Gasteiger partial charge in [-0.25, -0.2) is 4.39 Å². The van der Waals surface area contributed by atoms with Crippen LogP contribution >= 0.6 is 0 Å². The van der Waals surface area contributed by atoms with Crippen molar-refractivity contribution in [1.82, 2.24) is 0 Å². The molecule has 0 bridgehead atoms. The summed E-state index contributed by atoms with van der Waals surface area (Å²) in [5, 5.41) is 9.94. The Kier molecular flexibility index (Phi) is 1.55. The van der Waals surface area contributed by atoms with E-state index >= 15 is 0 Å². The van der Waals surface area contributed by atoms with Crippen LogP contribution in [0.5, 0.6) is 0 Å². The highest BCUT2D eigenvalue weighted by atomic mass is 19.1. The lowest BCUT2D eigenvalue weighted by atomic mass is 9.94. The molecule has 2 aliphatic carbocycles. The molecule has 0 aromatic heterocycles. The Morgan fingerprint density at radius 1 is 1.43 bits per heavy atom. The molecule has 3 rings (SSSR count). The van der Waals surface area contributed by atoms with E-state index in [1.807, 2.05) is 0 Å². The van der Waals surface area contributed by atoms with Crippen LogP contribution in [0.1, 0.15) is 42.1 Å². The average Bonchev–Trinajstić information content (AvgIpc) is 2.65. The summed E-state index contributed by atoms with van der Waals surface area (Å²) in [6.07, 6.45) is 1.59. The summed E-state index contributed by atoms with van der Waals surface area (Å²) in [6.45, 7) is 2.06. The molecule has 74 valence electrons. The van der Waals surface area contributed by atoms with Gasteiger partial charge in [-0.1, -0.05) is 6.92 Å². The summed E-state index contributed by atoms with van der Waals surface area (Å²) in [4.78, 5) is 0. The highest BCUT2D eigenvalue weighted by Crippen LogP contribution is 2.52. The van der Waals surface area contributed by atoms with Gasteiger partial charge < -0.3 is 5.11 Å². The third-order valence-electron chi connectivity index (χ3n) is 3.81. The molecule has 1 nitrogen and oxygen atoms in total. The maximum atomic E-state index is 13.2. The molecule has 0 amide bonds. The van der Waals surface area contributed by atoms with Crippen LogP contribution in [0.25, 0.3) is 0 Å². The summed E-state index contributed by atoms with van der Waals surface area (Å²) in [7, 11) is 0. The van der Waals surface area contributed by atoms with Crippen LogP contribution in [-0.2, 0) is 6.42 Å². The minimum atomic E-state index is -0.454. The fourth-order valence-electron chi connectivity index (χ4n) is 3.09. The molecule has 1 aromatic carbocycles. The number of hydrogen-bond acceptors (Lipinski definition) is 1. The van der Waals surface area contributed by atoms with Crippen molar-refractivity contribution in [1.29, 1.82) is 0 Å². The van der Waals surface area contributed by atoms with Gasteiger partial charge in [-0.15, -0.1) is 0 Å². The van der Waals surface area contributed by atoms with E-state index in [4.69, 9.17) is 0 Å². The maximum absolute atomic E-state index is 13.2. The van der Waals surface area contributed by atoms with Crippen molar-refractivity contribution >= 4 is 0 Å². The molecule has 14 heavy (non-hydrogen) atoms. The second kappa shape index (κ2) is 2.57. The van der Waals surface area contributed by atoms with Gasteiger partial charge in [0, 0.05) is 0 Å². The van der Waals surface area contributed by atoms with E-state index in [0.29, 0.717) is 5.92 Å². The average molecular weight is 192 g/mol. The molecule has 2 heteroatoms. The Labute approximate surface area is 82.6 Å². The van der Waals surface area contributed by atoms with Crippen LogP contribution < -0.4 is 0 Å². The molecule has 0 fully saturated rings. The number of halogens is 1. The van der Waals surface area contributed by atoms with Gasteiger partial charge >= 0.3 is 0 Å². The second-order valence-corrected chi connectivity index (χ2v) is 4.52. The molecule has 1 aromatic rings. The molecule has 0 heterocycles. The van der Waals surface area contributed by atoms with E-state index in [-0.39, 0.29) is 11.7 Å². The molecular formula is C12H13FO. The Hall–Kier alpha value is -0.890. The first-order valence-corrected chi connectivity index (χ1v) is 5.19. The van der Waals surface area contributed by atoms with E-state index in [9.17, 15) is 9.50 Å². The van der Waals surface area contributed by atoms with Crippen molar-refractivity contribution in [3.05, 3.63) is 34.6 Å². The van der Waals surface area contributed by atoms with Crippen molar-refractivity contribution in [2.24, 2.45) is 5.92 Å². The van der Waals surface area contributed by atoms with Crippen molar-refractivity contribution in [3.63, 3.8) is 0 Å². The molecular weight excluding hydrogens is 179 g/mol. The highest BCUT2D eigenvalue weighted by molar-refractivity contribution is 5.47. The van der Waals surface area contributed by atoms with Crippen LogP contribution in [0.3, 0.4) is 0 Å². The van der Waals surface area contributed by atoms with Gasteiger partial charge in [0.05, 0.1) is 6.10 Å². The van der Waals surface area contributed by atoms with Crippen LogP contribution in [0.15, 0.2) is 12.1 Å². The number of aliphatic hydroxyl groups excluding tert-OH is 1. The molecule has 0 saturated heterocycles. The smallest absolute Gasteiger partial charge is 0.123 e. The molecule has 3 atom stereocenters. The van der Waals surface area contributed by atoms with Gasteiger partial charge in [-0.3, -0.25) is 0 Å². The van der Waals surface area contributed by atoms with Crippen molar-refractivity contribution in [3.8, 4) is 0 Å². The number of hydrogen-bond donors (Lipinski definition) is 1. The summed E-state index contributed by atoms with van der Waals surface area (Å²) in [6, 6.07) is 3.13. The van der Waals surface area contributed by atoms with E-state index < -0.39 is 6.10 Å². The molecule has 0 aliphatic heterocycles. The third kappa shape index (κ3) is 0.871. The molecule has 2 aliphatic rings. The summed E-state index contributed by atoms with van der Waals surface area (Å²) in [5.74, 6) is 0.524. The Balaban J connectivity index is 2.27. The van der Waals surface area contributed by atoms with E-state index in [0.717, 1.165) is 24.0 Å². The lowest BCUT2D eigenvalue weighted by Gasteiger charge is -2.14. The number of aryl methyl sites for hydroxylation is 1. The van der Waals surface area contributed by atoms with Gasteiger partial charge in [0.15, 0.2) is 0 Å². The maximum Gasteiger partial charge on any atom is 0.123 e. The van der Waals surface area contributed by atoms with E-state index in [1.54, 1.807) is 6.07 Å². The van der Waals surface area contributed by atoms with Crippen molar-refractivity contribution < 1.29 is 9.50 Å². The van der Waals surface area contributed by atoms with Gasteiger partial charge in [0.1, 0.15) is 5.82 Å². The Morgan fingerprint density at radius 2 is 2.21 bits per heavy atom.